The van der Waals surface area contributed by atoms with Crippen LogP contribution in [-0.2, 0) is 21.8 Å². The largest absolute Gasteiger partial charge is 0.455 e. The van der Waals surface area contributed by atoms with Gasteiger partial charge < -0.3 is 13.9 Å². The van der Waals surface area contributed by atoms with Gasteiger partial charge in [-0.3, -0.25) is 0 Å². The molecule has 0 unspecified atom stereocenters. The number of benzene rings is 1. The summed E-state index contributed by atoms with van der Waals surface area (Å²) in [6.45, 7) is 9.93. The molecule has 1 saturated heterocycles. The number of furan rings is 1. The Hall–Kier alpha value is -2.18. The van der Waals surface area contributed by atoms with Crippen molar-refractivity contribution in [3.63, 3.8) is 0 Å². The Balaban J connectivity index is 1.79. The molecule has 0 amide bonds. The standard InChI is InChI=1S/C19H23N3O3/c1-13-5-14(2)17-15(6-13)7-16(25-17)19(8-22-12-20-11-21-22)23-9-18(3,4)10-24-19/h5-7,11-12H,8-10H2,1-4H3. The third-order valence-electron chi connectivity index (χ3n) is 4.55. The molecule has 1 aliphatic rings. The molecular weight excluding hydrogens is 318 g/mol. The van der Waals surface area contributed by atoms with Gasteiger partial charge in [0, 0.05) is 10.8 Å². The van der Waals surface area contributed by atoms with Crippen LogP contribution < -0.4 is 0 Å². The highest BCUT2D eigenvalue weighted by atomic mass is 16.7. The smallest absolute Gasteiger partial charge is 0.248 e. The van der Waals surface area contributed by atoms with Crippen LogP contribution in [0.15, 0.2) is 35.3 Å². The van der Waals surface area contributed by atoms with E-state index in [4.69, 9.17) is 13.9 Å². The average Bonchev–Trinajstić information content (AvgIpc) is 3.19. The Kier molecular flexibility index (Phi) is 3.70. The van der Waals surface area contributed by atoms with Gasteiger partial charge in [-0.1, -0.05) is 25.5 Å². The summed E-state index contributed by atoms with van der Waals surface area (Å²) in [6.07, 6.45) is 3.17. The van der Waals surface area contributed by atoms with E-state index >= 15 is 0 Å². The molecule has 0 radical (unpaired) electrons. The van der Waals surface area contributed by atoms with E-state index in [1.165, 1.54) is 11.9 Å². The fraction of sp³-hybridized carbons (Fsp3) is 0.474. The highest BCUT2D eigenvalue weighted by Crippen LogP contribution is 2.40. The molecule has 0 atom stereocenters. The zero-order valence-electron chi connectivity index (χ0n) is 15.1. The third-order valence-corrected chi connectivity index (χ3v) is 4.55. The van der Waals surface area contributed by atoms with Gasteiger partial charge in [0.2, 0.25) is 5.79 Å². The molecule has 0 spiro atoms. The zero-order chi connectivity index (χ0) is 17.7. The van der Waals surface area contributed by atoms with Crippen molar-refractivity contribution in [2.45, 2.75) is 40.0 Å². The number of hydrogen-bond donors (Lipinski definition) is 0. The van der Waals surface area contributed by atoms with Crippen LogP contribution in [0.25, 0.3) is 11.0 Å². The van der Waals surface area contributed by atoms with E-state index in [0.717, 1.165) is 16.5 Å². The van der Waals surface area contributed by atoms with Crippen molar-refractivity contribution >= 4 is 11.0 Å². The van der Waals surface area contributed by atoms with Crippen molar-refractivity contribution < 1.29 is 13.9 Å². The SMILES string of the molecule is Cc1cc(C)c2oc(C3(Cn4cncn4)OCC(C)(C)CO3)cc2c1. The maximum atomic E-state index is 6.24. The average molecular weight is 341 g/mol. The molecular formula is C19H23N3O3. The summed E-state index contributed by atoms with van der Waals surface area (Å²) in [7, 11) is 0. The minimum atomic E-state index is -0.997. The van der Waals surface area contributed by atoms with Crippen molar-refractivity contribution in [2.24, 2.45) is 5.41 Å². The molecule has 0 saturated carbocycles. The van der Waals surface area contributed by atoms with Crippen molar-refractivity contribution in [3.8, 4) is 0 Å². The van der Waals surface area contributed by atoms with E-state index in [9.17, 15) is 0 Å². The molecule has 1 aliphatic heterocycles. The van der Waals surface area contributed by atoms with Crippen LogP contribution >= 0.6 is 0 Å². The topological polar surface area (TPSA) is 62.3 Å². The summed E-state index contributed by atoms with van der Waals surface area (Å²) in [5.74, 6) is -0.329. The molecule has 132 valence electrons. The number of nitrogens with zero attached hydrogens (tertiary/aromatic N) is 3. The van der Waals surface area contributed by atoms with Gasteiger partial charge in [0.25, 0.3) is 0 Å². The summed E-state index contributed by atoms with van der Waals surface area (Å²) >= 11 is 0. The van der Waals surface area contributed by atoms with Gasteiger partial charge in [-0.2, -0.15) is 5.10 Å². The summed E-state index contributed by atoms with van der Waals surface area (Å²) in [6, 6.07) is 6.25. The Morgan fingerprint density at radius 1 is 1.12 bits per heavy atom. The first kappa shape index (κ1) is 16.3. The lowest BCUT2D eigenvalue weighted by atomic mass is 9.94. The second-order valence-electron chi connectivity index (χ2n) is 7.70. The maximum Gasteiger partial charge on any atom is 0.248 e. The maximum absolute atomic E-state index is 6.24. The Morgan fingerprint density at radius 3 is 2.56 bits per heavy atom. The Morgan fingerprint density at radius 2 is 1.88 bits per heavy atom. The highest BCUT2D eigenvalue weighted by Gasteiger charge is 2.45. The number of fused-ring (bicyclic) bond motifs is 1. The van der Waals surface area contributed by atoms with Gasteiger partial charge in [-0.05, 0) is 31.5 Å². The lowest BCUT2D eigenvalue weighted by Gasteiger charge is -2.41. The minimum Gasteiger partial charge on any atom is -0.455 e. The lowest BCUT2D eigenvalue weighted by Crippen LogP contribution is -2.47. The number of rotatable bonds is 3. The van der Waals surface area contributed by atoms with Gasteiger partial charge in [0.15, 0.2) is 5.76 Å². The van der Waals surface area contributed by atoms with Crippen LogP contribution in [0.3, 0.4) is 0 Å². The first-order valence-electron chi connectivity index (χ1n) is 8.49. The van der Waals surface area contributed by atoms with Crippen molar-refractivity contribution in [3.05, 3.63) is 47.7 Å². The van der Waals surface area contributed by atoms with E-state index in [-0.39, 0.29) is 5.41 Å². The second-order valence-corrected chi connectivity index (χ2v) is 7.70. The van der Waals surface area contributed by atoms with E-state index in [1.807, 2.05) is 6.07 Å². The predicted octanol–water partition coefficient (Wildman–Crippen LogP) is 3.57. The van der Waals surface area contributed by atoms with Crippen LogP contribution in [0, 0.1) is 19.3 Å². The minimum absolute atomic E-state index is 0.0373. The molecule has 3 heterocycles. The predicted molar refractivity (Wildman–Crippen MR) is 93.1 cm³/mol. The fourth-order valence-corrected chi connectivity index (χ4v) is 3.25. The number of ether oxygens (including phenoxy) is 2. The molecule has 0 N–H and O–H groups in total. The Labute approximate surface area is 146 Å². The number of aryl methyl sites for hydroxylation is 2. The van der Waals surface area contributed by atoms with Gasteiger partial charge in [0.05, 0.1) is 13.2 Å². The quantitative estimate of drug-likeness (QED) is 0.729. The fourth-order valence-electron chi connectivity index (χ4n) is 3.25. The molecule has 2 aromatic heterocycles. The molecule has 25 heavy (non-hydrogen) atoms. The molecule has 3 aromatic rings. The molecule has 6 heteroatoms. The van der Waals surface area contributed by atoms with Crippen LogP contribution in [0.2, 0.25) is 0 Å². The first-order valence-corrected chi connectivity index (χ1v) is 8.49. The van der Waals surface area contributed by atoms with E-state index in [2.05, 4.69) is 49.9 Å². The molecule has 4 rings (SSSR count). The highest BCUT2D eigenvalue weighted by molar-refractivity contribution is 5.82. The molecule has 1 aromatic carbocycles. The molecule has 6 nitrogen and oxygen atoms in total. The van der Waals surface area contributed by atoms with Crippen LogP contribution in [0.1, 0.15) is 30.7 Å². The van der Waals surface area contributed by atoms with Gasteiger partial charge in [0.1, 0.15) is 24.8 Å². The summed E-state index contributed by atoms with van der Waals surface area (Å²) in [5.41, 5.74) is 3.14. The first-order chi connectivity index (χ1) is 11.9. The molecule has 1 fully saturated rings. The van der Waals surface area contributed by atoms with Crippen LogP contribution in [0.5, 0.6) is 0 Å². The van der Waals surface area contributed by atoms with Crippen molar-refractivity contribution in [2.75, 3.05) is 13.2 Å². The normalized spacial score (nSPS) is 19.4. The van der Waals surface area contributed by atoms with E-state index < -0.39 is 5.79 Å². The molecule has 0 aliphatic carbocycles. The lowest BCUT2D eigenvalue weighted by molar-refractivity contribution is -0.321. The van der Waals surface area contributed by atoms with Crippen molar-refractivity contribution in [1.82, 2.24) is 14.8 Å². The monoisotopic (exact) mass is 341 g/mol. The second kappa shape index (κ2) is 5.68. The summed E-state index contributed by atoms with van der Waals surface area (Å²) < 4.78 is 20.4. The van der Waals surface area contributed by atoms with Crippen molar-refractivity contribution in [1.29, 1.82) is 0 Å². The van der Waals surface area contributed by atoms with E-state index in [0.29, 0.717) is 25.5 Å². The number of aromatic nitrogens is 3. The summed E-state index contributed by atoms with van der Waals surface area (Å²) in [4.78, 5) is 4.02. The van der Waals surface area contributed by atoms with Gasteiger partial charge >= 0.3 is 0 Å². The molecule has 0 bridgehead atoms. The van der Waals surface area contributed by atoms with Gasteiger partial charge in [-0.25, -0.2) is 9.67 Å². The number of hydrogen-bond acceptors (Lipinski definition) is 5. The Bertz CT molecular complexity index is 886. The third kappa shape index (κ3) is 2.96. The van der Waals surface area contributed by atoms with Gasteiger partial charge in [-0.15, -0.1) is 0 Å². The van der Waals surface area contributed by atoms with Crippen LogP contribution in [-0.4, -0.2) is 28.0 Å². The zero-order valence-corrected chi connectivity index (χ0v) is 15.1. The van der Waals surface area contributed by atoms with Crippen LogP contribution in [0.4, 0.5) is 0 Å². The van der Waals surface area contributed by atoms with E-state index in [1.54, 1.807) is 11.0 Å². The summed E-state index contributed by atoms with van der Waals surface area (Å²) in [5, 5.41) is 5.26.